The maximum absolute atomic E-state index is 13.6. The predicted molar refractivity (Wildman–Crippen MR) is 80.2 cm³/mol. The third-order valence-corrected chi connectivity index (χ3v) is 5.39. The summed E-state index contributed by atoms with van der Waals surface area (Å²) in [5.41, 5.74) is 0. The highest BCUT2D eigenvalue weighted by Gasteiger charge is 2.50. The Bertz CT molecular complexity index is 860. The van der Waals surface area contributed by atoms with Crippen LogP contribution in [0.25, 0.3) is 0 Å². The van der Waals surface area contributed by atoms with Crippen molar-refractivity contribution in [2.24, 2.45) is 0 Å². The van der Waals surface area contributed by atoms with E-state index in [1.54, 1.807) is 0 Å². The van der Waals surface area contributed by atoms with Gasteiger partial charge < -0.3 is 24.0 Å². The van der Waals surface area contributed by atoms with E-state index in [0.717, 1.165) is 6.55 Å². The van der Waals surface area contributed by atoms with Gasteiger partial charge in [0.15, 0.2) is 46.5 Å². The minimum atomic E-state index is -6.60. The van der Waals surface area contributed by atoms with E-state index >= 15 is 0 Å². The van der Waals surface area contributed by atoms with Crippen molar-refractivity contribution in [3.05, 3.63) is 58.2 Å². The van der Waals surface area contributed by atoms with Gasteiger partial charge in [-0.15, -0.1) is 0 Å². The van der Waals surface area contributed by atoms with Crippen molar-refractivity contribution in [1.82, 2.24) is 0 Å². The van der Waals surface area contributed by atoms with E-state index in [1.807, 2.05) is 0 Å². The van der Waals surface area contributed by atoms with Gasteiger partial charge in [-0.1, -0.05) is 0 Å². The molecule has 0 heterocycles. The normalized spacial score (nSPS) is 12.0. The van der Waals surface area contributed by atoms with Gasteiger partial charge in [0.1, 0.15) is 0 Å². The van der Waals surface area contributed by atoms with E-state index < -0.39 is 85.9 Å². The molecule has 0 saturated heterocycles. The molecule has 0 aliphatic rings. The van der Waals surface area contributed by atoms with E-state index in [9.17, 15) is 53.5 Å². The molecular weight excluding hydrogens is 482 g/mol. The molecule has 0 bridgehead atoms. The Morgan fingerprint density at radius 1 is 0.400 bits per heavy atom. The summed E-state index contributed by atoms with van der Waals surface area (Å²) in [4.78, 5) is 42.7. The molecular formula is C13H8F10O5Si2. The fourth-order valence-electron chi connectivity index (χ4n) is 1.95. The van der Waals surface area contributed by atoms with Gasteiger partial charge in [0, 0.05) is 6.55 Å². The topological polar surface area (TPSA) is 101 Å². The predicted octanol–water partition coefficient (Wildman–Crippen LogP) is 0.151. The van der Waals surface area contributed by atoms with E-state index in [1.165, 1.54) is 0 Å². The summed E-state index contributed by atoms with van der Waals surface area (Å²) < 4.78 is 133. The molecule has 0 amide bonds. The van der Waals surface area contributed by atoms with Crippen LogP contribution in [0, 0.1) is 58.2 Å². The first-order chi connectivity index (χ1) is 13.4. The lowest BCUT2D eigenvalue weighted by molar-refractivity contribution is 0.239. The maximum atomic E-state index is 13.6. The van der Waals surface area contributed by atoms with E-state index in [4.69, 9.17) is 14.4 Å². The molecule has 0 aliphatic carbocycles. The Morgan fingerprint density at radius 3 is 0.700 bits per heavy atom. The van der Waals surface area contributed by atoms with Crippen LogP contribution in [-0.4, -0.2) is 41.3 Å². The molecule has 2 aromatic carbocycles. The van der Waals surface area contributed by atoms with Gasteiger partial charge in [-0.3, -0.25) is 0 Å². The van der Waals surface area contributed by atoms with Crippen molar-refractivity contribution in [2.75, 3.05) is 0 Å². The maximum Gasteiger partial charge on any atom is 0.489 e. The smallest absolute Gasteiger partial charge is 0.404 e. The summed E-state index contributed by atoms with van der Waals surface area (Å²) in [7, 11) is -10.2. The SMILES string of the molecule is C[Si](O)(O)O.O[Si](O)(c1c(F)c(F)c(F)c(F)c1F)c1c(F)c(F)c(F)c(F)c1F. The highest BCUT2D eigenvalue weighted by atomic mass is 28.4. The molecule has 5 nitrogen and oxygen atoms in total. The van der Waals surface area contributed by atoms with Crippen LogP contribution in [0.4, 0.5) is 43.9 Å². The van der Waals surface area contributed by atoms with Gasteiger partial charge in [0.25, 0.3) is 0 Å². The Balaban J connectivity index is 0.000000804. The second kappa shape index (κ2) is 8.61. The number of halogens is 10. The molecule has 30 heavy (non-hydrogen) atoms. The Kier molecular flexibility index (Phi) is 7.46. The van der Waals surface area contributed by atoms with E-state index in [-0.39, 0.29) is 0 Å². The van der Waals surface area contributed by atoms with Crippen LogP contribution in [-0.2, 0) is 0 Å². The molecule has 0 atom stereocenters. The number of rotatable bonds is 2. The fourth-order valence-corrected chi connectivity index (χ4v) is 3.86. The van der Waals surface area contributed by atoms with Gasteiger partial charge in [-0.05, 0) is 0 Å². The summed E-state index contributed by atoms with van der Waals surface area (Å²) in [6, 6.07) is 0. The summed E-state index contributed by atoms with van der Waals surface area (Å²) in [6.45, 7) is 0.993. The largest absolute Gasteiger partial charge is 0.489 e. The summed E-state index contributed by atoms with van der Waals surface area (Å²) in [6.07, 6.45) is 0. The first kappa shape index (κ1) is 26.0. The number of benzene rings is 2. The lowest BCUT2D eigenvalue weighted by atomic mass is 10.3. The van der Waals surface area contributed by atoms with Crippen LogP contribution in [0.15, 0.2) is 0 Å². The zero-order valence-corrected chi connectivity index (χ0v) is 16.0. The quantitative estimate of drug-likeness (QED) is 0.179. The number of hydrogen-bond acceptors (Lipinski definition) is 5. The molecule has 0 unspecified atom stereocenters. The summed E-state index contributed by atoms with van der Waals surface area (Å²) in [5, 5.41) is -4.99. The average molecular weight is 490 g/mol. The van der Waals surface area contributed by atoms with Crippen LogP contribution in [0.5, 0.6) is 0 Å². The lowest BCUT2D eigenvalue weighted by Gasteiger charge is -2.22. The Labute approximate surface area is 161 Å². The van der Waals surface area contributed by atoms with Crippen molar-refractivity contribution in [1.29, 1.82) is 0 Å². The number of hydrogen-bond donors (Lipinski definition) is 5. The van der Waals surface area contributed by atoms with Crippen molar-refractivity contribution in [3.63, 3.8) is 0 Å². The minimum absolute atomic E-state index is 0.993. The molecule has 0 saturated carbocycles. The molecule has 0 aliphatic heterocycles. The molecule has 0 spiro atoms. The Hall–Kier alpha value is -2.03. The molecule has 2 rings (SSSR count). The second-order valence-electron chi connectivity index (χ2n) is 5.53. The highest BCUT2D eigenvalue weighted by molar-refractivity contribution is 6.90. The van der Waals surface area contributed by atoms with Crippen molar-refractivity contribution >= 4 is 27.7 Å². The lowest BCUT2D eigenvalue weighted by Crippen LogP contribution is -2.64. The third-order valence-electron chi connectivity index (χ3n) is 3.12. The van der Waals surface area contributed by atoms with Gasteiger partial charge in [-0.2, -0.15) is 0 Å². The average Bonchev–Trinajstić information content (AvgIpc) is 2.60. The first-order valence-electron chi connectivity index (χ1n) is 7.01. The van der Waals surface area contributed by atoms with Gasteiger partial charge in [0.2, 0.25) is 11.6 Å². The standard InChI is InChI=1S/C12H2F10O2Si.CH6O3Si/c13-1-3(15)7(19)11(8(20)4(1)16)25(23,24)12-9(21)5(17)2(14)6(18)10(12)22;1-5(2,3)4/h23-24H;2-4H,1H3. The Morgan fingerprint density at radius 2 is 0.533 bits per heavy atom. The van der Waals surface area contributed by atoms with Crippen LogP contribution in [0.3, 0.4) is 0 Å². The second-order valence-corrected chi connectivity index (χ2v) is 9.82. The third kappa shape index (κ3) is 4.82. The van der Waals surface area contributed by atoms with Gasteiger partial charge in [0.05, 0.1) is 10.4 Å². The molecule has 0 fully saturated rings. The summed E-state index contributed by atoms with van der Waals surface area (Å²) in [5.74, 6) is -27.9. The van der Waals surface area contributed by atoms with Crippen molar-refractivity contribution in [3.8, 4) is 0 Å². The first-order valence-corrected chi connectivity index (χ1v) is 11.2. The zero-order chi connectivity index (χ0) is 23.9. The molecule has 2 aromatic rings. The fraction of sp³-hybridized carbons (Fsp3) is 0.0769. The monoisotopic (exact) mass is 490 g/mol. The molecule has 168 valence electrons. The van der Waals surface area contributed by atoms with Gasteiger partial charge in [-0.25, -0.2) is 43.9 Å². The van der Waals surface area contributed by atoms with E-state index in [0.29, 0.717) is 0 Å². The van der Waals surface area contributed by atoms with Crippen molar-refractivity contribution < 1.29 is 67.9 Å². The molecule has 0 aromatic heterocycles. The zero-order valence-electron chi connectivity index (χ0n) is 14.0. The van der Waals surface area contributed by atoms with Crippen molar-refractivity contribution in [2.45, 2.75) is 6.55 Å². The molecule has 17 heteroatoms. The summed E-state index contributed by atoms with van der Waals surface area (Å²) >= 11 is 0. The van der Waals surface area contributed by atoms with Crippen LogP contribution in [0.2, 0.25) is 6.55 Å². The highest BCUT2D eigenvalue weighted by Crippen LogP contribution is 2.22. The van der Waals surface area contributed by atoms with E-state index in [2.05, 4.69) is 0 Å². The molecule has 5 N–H and O–H groups in total. The van der Waals surface area contributed by atoms with Crippen LogP contribution in [0.1, 0.15) is 0 Å². The van der Waals surface area contributed by atoms with Gasteiger partial charge >= 0.3 is 17.4 Å². The minimum Gasteiger partial charge on any atom is -0.404 e. The van der Waals surface area contributed by atoms with Crippen LogP contribution >= 0.6 is 0 Å². The van der Waals surface area contributed by atoms with Crippen LogP contribution < -0.4 is 10.4 Å². The molecule has 0 radical (unpaired) electrons.